The van der Waals surface area contributed by atoms with Crippen molar-refractivity contribution in [3.05, 3.63) is 17.8 Å². The van der Waals surface area contributed by atoms with Crippen molar-refractivity contribution < 1.29 is 9.53 Å². The summed E-state index contributed by atoms with van der Waals surface area (Å²) in [6.45, 7) is 3.61. The SMILES string of the molecule is COCC(N)C(=O)N1CCC(N(C)c2ccc(C)nn2)CC1. The van der Waals surface area contributed by atoms with Crippen molar-refractivity contribution >= 4 is 11.7 Å². The molecule has 2 rings (SSSR count). The van der Waals surface area contributed by atoms with Gasteiger partial charge in [-0.2, -0.15) is 5.10 Å². The number of piperidine rings is 1. The molecular formula is C15H25N5O2. The van der Waals surface area contributed by atoms with Crippen molar-refractivity contribution in [3.63, 3.8) is 0 Å². The monoisotopic (exact) mass is 307 g/mol. The van der Waals surface area contributed by atoms with Crippen LogP contribution < -0.4 is 10.6 Å². The van der Waals surface area contributed by atoms with E-state index >= 15 is 0 Å². The molecule has 1 unspecified atom stereocenters. The molecule has 2 heterocycles. The lowest BCUT2D eigenvalue weighted by Crippen LogP contribution is -2.51. The molecule has 1 aromatic rings. The lowest BCUT2D eigenvalue weighted by molar-refractivity contribution is -0.134. The molecule has 1 atom stereocenters. The summed E-state index contributed by atoms with van der Waals surface area (Å²) in [6, 6.07) is 3.73. The standard InChI is InChI=1S/C15H25N5O2/c1-11-4-5-14(18-17-11)19(2)12-6-8-20(9-7-12)15(21)13(16)10-22-3/h4-5,12-13H,6-10,16H2,1-3H3. The number of carbonyl (C=O) groups excluding carboxylic acids is 1. The average molecular weight is 307 g/mol. The number of methoxy groups -OCH3 is 1. The summed E-state index contributed by atoms with van der Waals surface area (Å²) in [7, 11) is 3.58. The number of aryl methyl sites for hydroxylation is 1. The van der Waals surface area contributed by atoms with Crippen LogP contribution in [0, 0.1) is 6.92 Å². The zero-order valence-electron chi connectivity index (χ0n) is 13.5. The Morgan fingerprint density at radius 1 is 1.45 bits per heavy atom. The van der Waals surface area contributed by atoms with Crippen molar-refractivity contribution in [2.45, 2.75) is 31.8 Å². The van der Waals surface area contributed by atoms with Gasteiger partial charge in [0.25, 0.3) is 0 Å². The minimum Gasteiger partial charge on any atom is -0.383 e. The predicted molar refractivity (Wildman–Crippen MR) is 84.6 cm³/mol. The summed E-state index contributed by atoms with van der Waals surface area (Å²) in [5.41, 5.74) is 6.72. The molecule has 1 aliphatic heterocycles. The highest BCUT2D eigenvalue weighted by molar-refractivity contribution is 5.81. The molecule has 1 fully saturated rings. The van der Waals surface area contributed by atoms with Gasteiger partial charge < -0.3 is 20.3 Å². The van der Waals surface area contributed by atoms with Gasteiger partial charge >= 0.3 is 0 Å². The predicted octanol–water partition coefficient (Wildman–Crippen LogP) is 0.186. The second-order valence-corrected chi connectivity index (χ2v) is 5.76. The van der Waals surface area contributed by atoms with Crippen LogP contribution in [0.15, 0.2) is 12.1 Å². The Morgan fingerprint density at radius 3 is 2.68 bits per heavy atom. The largest absolute Gasteiger partial charge is 0.383 e. The van der Waals surface area contributed by atoms with Gasteiger partial charge in [-0.25, -0.2) is 0 Å². The molecule has 0 saturated carbocycles. The van der Waals surface area contributed by atoms with E-state index in [1.54, 1.807) is 7.11 Å². The number of amides is 1. The van der Waals surface area contributed by atoms with Crippen LogP contribution in [-0.4, -0.2) is 66.9 Å². The zero-order chi connectivity index (χ0) is 16.1. The summed E-state index contributed by atoms with van der Waals surface area (Å²) >= 11 is 0. The van der Waals surface area contributed by atoms with E-state index in [1.807, 2.05) is 31.0 Å². The van der Waals surface area contributed by atoms with Gasteiger partial charge in [0.1, 0.15) is 6.04 Å². The Kier molecular flexibility index (Phi) is 5.68. The Morgan fingerprint density at radius 2 is 2.14 bits per heavy atom. The van der Waals surface area contributed by atoms with E-state index in [4.69, 9.17) is 10.5 Å². The molecular weight excluding hydrogens is 282 g/mol. The normalized spacial score (nSPS) is 17.4. The summed E-state index contributed by atoms with van der Waals surface area (Å²) in [4.78, 5) is 16.1. The van der Waals surface area contributed by atoms with Crippen LogP contribution in [0.5, 0.6) is 0 Å². The second-order valence-electron chi connectivity index (χ2n) is 5.76. The number of hydrogen-bond acceptors (Lipinski definition) is 6. The maximum absolute atomic E-state index is 12.2. The second kappa shape index (κ2) is 7.51. The van der Waals surface area contributed by atoms with Crippen LogP contribution in [0.2, 0.25) is 0 Å². The van der Waals surface area contributed by atoms with Crippen molar-refractivity contribution in [1.82, 2.24) is 15.1 Å². The van der Waals surface area contributed by atoms with E-state index in [0.717, 1.165) is 24.4 Å². The highest BCUT2D eigenvalue weighted by atomic mass is 16.5. The van der Waals surface area contributed by atoms with E-state index < -0.39 is 6.04 Å². The fraction of sp³-hybridized carbons (Fsp3) is 0.667. The summed E-state index contributed by atoms with van der Waals surface area (Å²) < 4.78 is 4.95. The van der Waals surface area contributed by atoms with Crippen molar-refractivity contribution in [1.29, 1.82) is 0 Å². The van der Waals surface area contributed by atoms with Crippen molar-refractivity contribution in [3.8, 4) is 0 Å². The molecule has 0 aliphatic carbocycles. The number of aromatic nitrogens is 2. The Hall–Kier alpha value is -1.73. The van der Waals surface area contributed by atoms with Gasteiger partial charge in [0.05, 0.1) is 12.3 Å². The van der Waals surface area contributed by atoms with Gasteiger partial charge in [0.2, 0.25) is 5.91 Å². The number of likely N-dealkylation sites (tertiary alicyclic amines) is 1. The van der Waals surface area contributed by atoms with Crippen molar-refractivity contribution in [2.75, 3.05) is 38.8 Å². The van der Waals surface area contributed by atoms with Gasteiger partial charge in [-0.1, -0.05) is 0 Å². The molecule has 22 heavy (non-hydrogen) atoms. The first-order chi connectivity index (χ1) is 10.5. The Labute approximate surface area is 131 Å². The molecule has 0 spiro atoms. The average Bonchev–Trinajstić information content (AvgIpc) is 2.54. The Balaban J connectivity index is 1.89. The number of rotatable bonds is 5. The van der Waals surface area contributed by atoms with Gasteiger partial charge in [0.15, 0.2) is 5.82 Å². The fourth-order valence-electron chi connectivity index (χ4n) is 2.73. The smallest absolute Gasteiger partial charge is 0.241 e. The molecule has 0 radical (unpaired) electrons. The molecule has 122 valence electrons. The third-order valence-electron chi connectivity index (χ3n) is 4.13. The fourth-order valence-corrected chi connectivity index (χ4v) is 2.73. The van der Waals surface area contributed by atoms with Crippen LogP contribution in [0.3, 0.4) is 0 Å². The van der Waals surface area contributed by atoms with Crippen LogP contribution in [-0.2, 0) is 9.53 Å². The number of hydrogen-bond donors (Lipinski definition) is 1. The van der Waals surface area contributed by atoms with Crippen LogP contribution >= 0.6 is 0 Å². The van der Waals surface area contributed by atoms with Gasteiger partial charge in [-0.15, -0.1) is 5.10 Å². The van der Waals surface area contributed by atoms with Gasteiger partial charge in [-0.05, 0) is 31.9 Å². The quantitative estimate of drug-likeness (QED) is 0.836. The summed E-state index contributed by atoms with van der Waals surface area (Å²) in [6.07, 6.45) is 1.80. The van der Waals surface area contributed by atoms with Gasteiger partial charge in [0, 0.05) is 33.3 Å². The van der Waals surface area contributed by atoms with Crippen LogP contribution in [0.25, 0.3) is 0 Å². The number of ether oxygens (including phenoxy) is 1. The highest BCUT2D eigenvalue weighted by Crippen LogP contribution is 2.20. The number of anilines is 1. The first kappa shape index (κ1) is 16.6. The number of nitrogens with two attached hydrogens (primary N) is 1. The maximum Gasteiger partial charge on any atom is 0.241 e. The Bertz CT molecular complexity index is 485. The molecule has 1 saturated heterocycles. The van der Waals surface area contributed by atoms with E-state index in [0.29, 0.717) is 19.1 Å². The van der Waals surface area contributed by atoms with E-state index in [-0.39, 0.29) is 12.5 Å². The molecule has 1 aliphatic rings. The van der Waals surface area contributed by atoms with E-state index in [9.17, 15) is 4.79 Å². The minimum atomic E-state index is -0.567. The number of carbonyl (C=O) groups is 1. The molecule has 0 bridgehead atoms. The first-order valence-corrected chi connectivity index (χ1v) is 7.59. The highest BCUT2D eigenvalue weighted by Gasteiger charge is 2.28. The molecule has 1 aromatic heterocycles. The zero-order valence-corrected chi connectivity index (χ0v) is 13.5. The van der Waals surface area contributed by atoms with E-state index in [1.165, 1.54) is 0 Å². The summed E-state index contributed by atoms with van der Waals surface area (Å²) in [5, 5.41) is 8.31. The molecule has 1 amide bonds. The van der Waals surface area contributed by atoms with Crippen LogP contribution in [0.1, 0.15) is 18.5 Å². The van der Waals surface area contributed by atoms with Crippen LogP contribution in [0.4, 0.5) is 5.82 Å². The summed E-state index contributed by atoms with van der Waals surface area (Å²) in [5.74, 6) is 0.838. The molecule has 2 N–H and O–H groups in total. The first-order valence-electron chi connectivity index (χ1n) is 7.59. The maximum atomic E-state index is 12.2. The molecule has 7 nitrogen and oxygen atoms in total. The van der Waals surface area contributed by atoms with Gasteiger partial charge in [-0.3, -0.25) is 4.79 Å². The third kappa shape index (κ3) is 3.92. The lowest BCUT2D eigenvalue weighted by Gasteiger charge is -2.37. The number of nitrogens with zero attached hydrogens (tertiary/aromatic N) is 4. The molecule has 0 aromatic carbocycles. The minimum absolute atomic E-state index is 0.0296. The third-order valence-corrected chi connectivity index (χ3v) is 4.13. The van der Waals surface area contributed by atoms with E-state index in [2.05, 4.69) is 15.1 Å². The molecule has 7 heteroatoms. The topological polar surface area (TPSA) is 84.6 Å². The van der Waals surface area contributed by atoms with Crippen molar-refractivity contribution in [2.24, 2.45) is 5.73 Å². The lowest BCUT2D eigenvalue weighted by atomic mass is 10.0.